The summed E-state index contributed by atoms with van der Waals surface area (Å²) in [6.45, 7) is 9.64. The third kappa shape index (κ3) is 4.23. The van der Waals surface area contributed by atoms with Crippen LogP contribution in [0.5, 0.6) is 0 Å². The van der Waals surface area contributed by atoms with Crippen molar-refractivity contribution in [3.8, 4) is 0 Å². The highest BCUT2D eigenvalue weighted by Gasteiger charge is 2.20. The van der Waals surface area contributed by atoms with E-state index >= 15 is 0 Å². The summed E-state index contributed by atoms with van der Waals surface area (Å²) in [5.41, 5.74) is -0.332. The molecule has 0 aromatic carbocycles. The molecule has 1 atom stereocenters. The number of aryl methyl sites for hydroxylation is 1. The molecular weight excluding hydrogens is 280 g/mol. The molecule has 0 aliphatic carbocycles. The Hall–Kier alpha value is -1.56. The van der Waals surface area contributed by atoms with Gasteiger partial charge in [-0.2, -0.15) is 5.10 Å². The van der Waals surface area contributed by atoms with Crippen molar-refractivity contribution < 1.29 is 4.79 Å². The van der Waals surface area contributed by atoms with Gasteiger partial charge in [0.1, 0.15) is 11.1 Å². The number of aromatic nitrogens is 2. The van der Waals surface area contributed by atoms with Gasteiger partial charge in [0, 0.05) is 12.1 Å². The van der Waals surface area contributed by atoms with E-state index in [1.807, 2.05) is 20.8 Å². The van der Waals surface area contributed by atoms with Crippen LogP contribution in [-0.2, 0) is 11.3 Å². The van der Waals surface area contributed by atoms with E-state index in [4.69, 9.17) is 11.6 Å². The molecule has 1 aromatic heterocycles. The molecule has 1 rings (SSSR count). The van der Waals surface area contributed by atoms with Gasteiger partial charge in [-0.25, -0.2) is 4.68 Å². The lowest BCUT2D eigenvalue weighted by molar-refractivity contribution is -0.122. The third-order valence-corrected chi connectivity index (χ3v) is 2.91. The van der Waals surface area contributed by atoms with E-state index in [9.17, 15) is 9.59 Å². The topological polar surface area (TPSA) is 76.0 Å². The molecule has 112 valence electrons. The summed E-state index contributed by atoms with van der Waals surface area (Å²) in [5, 5.41) is 9.76. The molecule has 0 aliphatic heterocycles. The van der Waals surface area contributed by atoms with Crippen LogP contribution in [0.15, 0.2) is 11.0 Å². The Labute approximate surface area is 123 Å². The van der Waals surface area contributed by atoms with Gasteiger partial charge in [0.05, 0.1) is 11.9 Å². The highest BCUT2D eigenvalue weighted by molar-refractivity contribution is 6.33. The predicted molar refractivity (Wildman–Crippen MR) is 80.2 cm³/mol. The summed E-state index contributed by atoms with van der Waals surface area (Å²) in [5.74, 6) is -0.173. The second kappa shape index (κ2) is 6.26. The molecule has 0 fully saturated rings. The van der Waals surface area contributed by atoms with Crippen LogP contribution in [0.3, 0.4) is 0 Å². The van der Waals surface area contributed by atoms with Gasteiger partial charge in [-0.05, 0) is 34.6 Å². The Balaban J connectivity index is 2.86. The molecule has 6 nitrogen and oxygen atoms in total. The van der Waals surface area contributed by atoms with Crippen molar-refractivity contribution in [2.75, 3.05) is 5.32 Å². The van der Waals surface area contributed by atoms with E-state index in [-0.39, 0.29) is 22.0 Å². The first-order chi connectivity index (χ1) is 9.15. The van der Waals surface area contributed by atoms with Crippen LogP contribution < -0.4 is 16.2 Å². The Morgan fingerprint density at radius 2 is 2.10 bits per heavy atom. The number of hydrogen-bond donors (Lipinski definition) is 2. The number of carbonyl (C=O) groups excluding carboxylic acids is 1. The van der Waals surface area contributed by atoms with Crippen LogP contribution in [0, 0.1) is 0 Å². The molecule has 0 bridgehead atoms. The minimum absolute atomic E-state index is 0.0391. The maximum Gasteiger partial charge on any atom is 0.287 e. The average molecular weight is 301 g/mol. The lowest BCUT2D eigenvalue weighted by Crippen LogP contribution is -2.47. The smallest absolute Gasteiger partial charge is 0.287 e. The van der Waals surface area contributed by atoms with Crippen LogP contribution in [0.1, 0.15) is 34.6 Å². The Morgan fingerprint density at radius 3 is 2.60 bits per heavy atom. The number of rotatable bonds is 4. The van der Waals surface area contributed by atoms with E-state index in [1.54, 1.807) is 13.8 Å². The zero-order valence-corrected chi connectivity index (χ0v) is 13.2. The maximum absolute atomic E-state index is 12.0. The van der Waals surface area contributed by atoms with E-state index in [2.05, 4.69) is 15.7 Å². The molecule has 2 N–H and O–H groups in total. The molecule has 0 spiro atoms. The fourth-order valence-electron chi connectivity index (χ4n) is 1.57. The maximum atomic E-state index is 12.0. The number of anilines is 1. The van der Waals surface area contributed by atoms with Crippen LogP contribution in [0.25, 0.3) is 0 Å². The van der Waals surface area contributed by atoms with Gasteiger partial charge in [-0.15, -0.1) is 0 Å². The van der Waals surface area contributed by atoms with Crippen molar-refractivity contribution in [2.45, 2.75) is 52.7 Å². The Bertz CT molecular complexity index is 548. The Morgan fingerprint density at radius 1 is 1.50 bits per heavy atom. The first-order valence-corrected chi connectivity index (χ1v) is 6.87. The first-order valence-electron chi connectivity index (χ1n) is 6.50. The SMILES string of the molecule is CCn1ncc(NC(C)C(=O)NC(C)(C)C)c(Cl)c1=O. The van der Waals surface area contributed by atoms with Crippen molar-refractivity contribution in [1.29, 1.82) is 0 Å². The summed E-state index contributed by atoms with van der Waals surface area (Å²) in [7, 11) is 0. The Kier molecular flexibility index (Phi) is 5.16. The minimum atomic E-state index is -0.523. The zero-order valence-electron chi connectivity index (χ0n) is 12.5. The third-order valence-electron chi connectivity index (χ3n) is 2.55. The molecule has 0 aliphatic rings. The molecule has 7 heteroatoms. The molecule has 1 amide bonds. The summed E-state index contributed by atoms with van der Waals surface area (Å²) in [4.78, 5) is 23.8. The standard InChI is InChI=1S/C13H21ClN4O2/c1-6-18-12(20)10(14)9(7-15-18)16-8(2)11(19)17-13(3,4)5/h7-8,16H,6H2,1-5H3,(H,17,19). The van der Waals surface area contributed by atoms with Crippen molar-refractivity contribution in [3.05, 3.63) is 21.6 Å². The minimum Gasteiger partial charge on any atom is -0.371 e. The summed E-state index contributed by atoms with van der Waals surface area (Å²) in [6.07, 6.45) is 1.45. The fourth-order valence-corrected chi connectivity index (χ4v) is 1.77. The summed E-state index contributed by atoms with van der Waals surface area (Å²) < 4.78 is 1.26. The molecule has 1 heterocycles. The first kappa shape index (κ1) is 16.5. The van der Waals surface area contributed by atoms with Crippen LogP contribution in [0.4, 0.5) is 5.69 Å². The second-order valence-corrected chi connectivity index (χ2v) is 5.98. The lowest BCUT2D eigenvalue weighted by atomic mass is 10.1. The van der Waals surface area contributed by atoms with Gasteiger partial charge in [0.2, 0.25) is 5.91 Å². The number of amides is 1. The predicted octanol–water partition coefficient (Wildman–Crippen LogP) is 1.63. The van der Waals surface area contributed by atoms with Crippen LogP contribution in [-0.4, -0.2) is 27.3 Å². The van der Waals surface area contributed by atoms with Gasteiger partial charge in [0.15, 0.2) is 0 Å². The van der Waals surface area contributed by atoms with Gasteiger partial charge in [-0.1, -0.05) is 11.6 Å². The lowest BCUT2D eigenvalue weighted by Gasteiger charge is -2.24. The van der Waals surface area contributed by atoms with E-state index < -0.39 is 6.04 Å². The number of carbonyl (C=O) groups is 1. The monoisotopic (exact) mass is 300 g/mol. The van der Waals surface area contributed by atoms with Gasteiger partial charge < -0.3 is 10.6 Å². The van der Waals surface area contributed by atoms with Crippen molar-refractivity contribution >= 4 is 23.2 Å². The molecule has 0 radical (unpaired) electrons. The molecule has 20 heavy (non-hydrogen) atoms. The molecule has 0 saturated carbocycles. The van der Waals surface area contributed by atoms with Crippen LogP contribution >= 0.6 is 11.6 Å². The summed E-state index contributed by atoms with van der Waals surface area (Å²) >= 11 is 5.99. The van der Waals surface area contributed by atoms with Crippen molar-refractivity contribution in [1.82, 2.24) is 15.1 Å². The van der Waals surface area contributed by atoms with Gasteiger partial charge in [0.25, 0.3) is 5.56 Å². The normalized spacial score (nSPS) is 12.9. The zero-order chi connectivity index (χ0) is 15.5. The number of hydrogen-bond acceptors (Lipinski definition) is 4. The largest absolute Gasteiger partial charge is 0.371 e. The summed E-state index contributed by atoms with van der Waals surface area (Å²) in [6, 6.07) is -0.523. The average Bonchev–Trinajstić information content (AvgIpc) is 2.33. The van der Waals surface area contributed by atoms with E-state index in [0.717, 1.165) is 0 Å². The van der Waals surface area contributed by atoms with Crippen molar-refractivity contribution in [2.24, 2.45) is 0 Å². The number of nitrogens with one attached hydrogen (secondary N) is 2. The van der Waals surface area contributed by atoms with E-state index in [0.29, 0.717) is 12.2 Å². The molecule has 0 saturated heterocycles. The second-order valence-electron chi connectivity index (χ2n) is 5.60. The number of halogens is 1. The molecular formula is C13H21ClN4O2. The fraction of sp³-hybridized carbons (Fsp3) is 0.615. The van der Waals surface area contributed by atoms with Crippen LogP contribution in [0.2, 0.25) is 5.02 Å². The highest BCUT2D eigenvalue weighted by atomic mass is 35.5. The number of nitrogens with zero attached hydrogens (tertiary/aromatic N) is 2. The molecule has 1 unspecified atom stereocenters. The quantitative estimate of drug-likeness (QED) is 0.886. The van der Waals surface area contributed by atoms with Gasteiger partial charge >= 0.3 is 0 Å². The molecule has 1 aromatic rings. The van der Waals surface area contributed by atoms with Gasteiger partial charge in [-0.3, -0.25) is 9.59 Å². The van der Waals surface area contributed by atoms with E-state index in [1.165, 1.54) is 10.9 Å². The highest BCUT2D eigenvalue weighted by Crippen LogP contribution is 2.16. The van der Waals surface area contributed by atoms with Crippen molar-refractivity contribution in [3.63, 3.8) is 0 Å².